The van der Waals surface area contributed by atoms with Crippen LogP contribution in [0.5, 0.6) is 5.75 Å². The van der Waals surface area contributed by atoms with Gasteiger partial charge in [-0.25, -0.2) is 0 Å². The number of benzene rings is 2. The van der Waals surface area contributed by atoms with Gasteiger partial charge >= 0.3 is 0 Å². The SMILES string of the molecule is Cc1cc(C(=O)NCc2ccc(OCCN(C)C)cc2)ccc1[N+](=O)[O-]. The summed E-state index contributed by atoms with van der Waals surface area (Å²) in [7, 11) is 3.98. The molecule has 0 unspecified atom stereocenters. The largest absolute Gasteiger partial charge is 0.492 e. The number of nitro groups is 1. The first-order valence-corrected chi connectivity index (χ1v) is 8.26. The third-order valence-corrected chi connectivity index (χ3v) is 3.84. The van der Waals surface area contributed by atoms with Gasteiger partial charge in [0.1, 0.15) is 12.4 Å². The molecule has 2 aromatic carbocycles. The van der Waals surface area contributed by atoms with Crippen molar-refractivity contribution in [3.63, 3.8) is 0 Å². The van der Waals surface area contributed by atoms with Gasteiger partial charge in [-0.3, -0.25) is 14.9 Å². The lowest BCUT2D eigenvalue weighted by Gasteiger charge is -2.11. The molecule has 0 saturated carbocycles. The van der Waals surface area contributed by atoms with Crippen molar-refractivity contribution < 1.29 is 14.5 Å². The standard InChI is InChI=1S/C19H23N3O4/c1-14-12-16(6-9-18(14)22(24)25)19(23)20-13-15-4-7-17(8-5-15)26-11-10-21(2)3/h4-9,12H,10-11,13H2,1-3H3,(H,20,23). The maximum Gasteiger partial charge on any atom is 0.272 e. The Kier molecular flexibility index (Phi) is 6.68. The van der Waals surface area contributed by atoms with Crippen LogP contribution >= 0.6 is 0 Å². The Labute approximate surface area is 152 Å². The maximum absolute atomic E-state index is 12.2. The molecule has 0 heterocycles. The number of nitro benzene ring substituents is 1. The van der Waals surface area contributed by atoms with Crippen molar-refractivity contribution in [2.75, 3.05) is 27.2 Å². The number of hydrogen-bond acceptors (Lipinski definition) is 5. The van der Waals surface area contributed by atoms with Gasteiger partial charge in [0.2, 0.25) is 0 Å². The van der Waals surface area contributed by atoms with Crippen LogP contribution in [-0.2, 0) is 6.54 Å². The van der Waals surface area contributed by atoms with E-state index in [2.05, 4.69) is 5.32 Å². The molecular formula is C19H23N3O4. The fraction of sp³-hybridized carbons (Fsp3) is 0.316. The molecule has 0 aliphatic carbocycles. The first-order valence-electron chi connectivity index (χ1n) is 8.26. The van der Waals surface area contributed by atoms with Crippen LogP contribution in [0.2, 0.25) is 0 Å². The molecule has 0 aliphatic rings. The molecule has 138 valence electrons. The highest BCUT2D eigenvalue weighted by molar-refractivity contribution is 5.94. The van der Waals surface area contributed by atoms with E-state index >= 15 is 0 Å². The molecule has 0 fully saturated rings. The first kappa shape index (κ1) is 19.4. The van der Waals surface area contributed by atoms with Crippen LogP contribution in [-0.4, -0.2) is 43.0 Å². The number of ether oxygens (including phenoxy) is 1. The average Bonchev–Trinajstić information content (AvgIpc) is 2.60. The number of amides is 1. The highest BCUT2D eigenvalue weighted by Gasteiger charge is 2.13. The van der Waals surface area contributed by atoms with E-state index < -0.39 is 4.92 Å². The number of rotatable bonds is 8. The lowest BCUT2D eigenvalue weighted by Crippen LogP contribution is -2.23. The second kappa shape index (κ2) is 8.96. The van der Waals surface area contributed by atoms with Crippen molar-refractivity contribution in [1.29, 1.82) is 0 Å². The van der Waals surface area contributed by atoms with Crippen LogP contribution in [0, 0.1) is 17.0 Å². The van der Waals surface area contributed by atoms with Gasteiger partial charge in [0, 0.05) is 30.3 Å². The second-order valence-corrected chi connectivity index (χ2v) is 6.24. The summed E-state index contributed by atoms with van der Waals surface area (Å²) < 4.78 is 5.63. The predicted octanol–water partition coefficient (Wildman–Crippen LogP) is 2.77. The van der Waals surface area contributed by atoms with Crippen molar-refractivity contribution in [1.82, 2.24) is 10.2 Å². The number of likely N-dealkylation sites (N-methyl/N-ethyl adjacent to an activating group) is 1. The molecule has 7 heteroatoms. The van der Waals surface area contributed by atoms with E-state index in [1.807, 2.05) is 43.3 Å². The summed E-state index contributed by atoms with van der Waals surface area (Å²) in [5.41, 5.74) is 1.81. The Hall–Kier alpha value is -2.93. The van der Waals surface area contributed by atoms with Gasteiger partial charge in [0.05, 0.1) is 4.92 Å². The molecule has 26 heavy (non-hydrogen) atoms. The van der Waals surface area contributed by atoms with Gasteiger partial charge in [0.25, 0.3) is 11.6 Å². The topological polar surface area (TPSA) is 84.7 Å². The molecule has 0 aliphatic heterocycles. The van der Waals surface area contributed by atoms with Crippen LogP contribution in [0.3, 0.4) is 0 Å². The summed E-state index contributed by atoms with van der Waals surface area (Å²) >= 11 is 0. The fourth-order valence-electron chi connectivity index (χ4n) is 2.34. The van der Waals surface area contributed by atoms with Crippen LogP contribution in [0.1, 0.15) is 21.5 Å². The molecule has 0 bridgehead atoms. The molecule has 2 rings (SSSR count). The minimum absolute atomic E-state index is 0.00593. The number of aryl methyl sites for hydroxylation is 1. The van der Waals surface area contributed by atoms with Crippen molar-refractivity contribution in [2.45, 2.75) is 13.5 Å². The molecule has 0 aromatic heterocycles. The van der Waals surface area contributed by atoms with Gasteiger partial charge in [-0.05, 0) is 50.8 Å². The van der Waals surface area contributed by atoms with Crippen LogP contribution < -0.4 is 10.1 Å². The van der Waals surface area contributed by atoms with Gasteiger partial charge in [-0.15, -0.1) is 0 Å². The molecular weight excluding hydrogens is 334 g/mol. The molecule has 7 nitrogen and oxygen atoms in total. The van der Waals surface area contributed by atoms with Gasteiger partial charge < -0.3 is 15.0 Å². The lowest BCUT2D eigenvalue weighted by molar-refractivity contribution is -0.385. The molecule has 0 spiro atoms. The number of hydrogen-bond donors (Lipinski definition) is 1. The van der Waals surface area contributed by atoms with Gasteiger partial charge in [0.15, 0.2) is 0 Å². The van der Waals surface area contributed by atoms with E-state index in [9.17, 15) is 14.9 Å². The predicted molar refractivity (Wildman–Crippen MR) is 99.5 cm³/mol. The van der Waals surface area contributed by atoms with E-state index in [1.165, 1.54) is 18.2 Å². The molecule has 0 saturated heterocycles. The fourth-order valence-corrected chi connectivity index (χ4v) is 2.34. The monoisotopic (exact) mass is 357 g/mol. The molecule has 0 radical (unpaired) electrons. The Morgan fingerprint density at radius 3 is 2.46 bits per heavy atom. The number of nitrogens with one attached hydrogen (secondary N) is 1. The summed E-state index contributed by atoms with van der Waals surface area (Å²) in [5, 5.41) is 13.6. The van der Waals surface area contributed by atoms with Gasteiger partial charge in [-0.1, -0.05) is 12.1 Å². The van der Waals surface area contributed by atoms with Gasteiger partial charge in [-0.2, -0.15) is 0 Å². The van der Waals surface area contributed by atoms with Crippen LogP contribution in [0.25, 0.3) is 0 Å². The highest BCUT2D eigenvalue weighted by atomic mass is 16.6. The zero-order chi connectivity index (χ0) is 19.1. The highest BCUT2D eigenvalue weighted by Crippen LogP contribution is 2.19. The minimum atomic E-state index is -0.459. The Bertz CT molecular complexity index is 773. The second-order valence-electron chi connectivity index (χ2n) is 6.24. The van der Waals surface area contributed by atoms with Crippen molar-refractivity contribution in [2.24, 2.45) is 0 Å². The first-order chi connectivity index (χ1) is 12.4. The summed E-state index contributed by atoms with van der Waals surface area (Å²) in [6, 6.07) is 11.9. The normalized spacial score (nSPS) is 10.6. The summed E-state index contributed by atoms with van der Waals surface area (Å²) in [6.07, 6.45) is 0. The minimum Gasteiger partial charge on any atom is -0.492 e. The summed E-state index contributed by atoms with van der Waals surface area (Å²) in [4.78, 5) is 24.6. The Morgan fingerprint density at radius 2 is 1.88 bits per heavy atom. The van der Waals surface area contributed by atoms with Crippen molar-refractivity contribution in [3.8, 4) is 5.75 Å². The third-order valence-electron chi connectivity index (χ3n) is 3.84. The Balaban J connectivity index is 1.89. The molecule has 2 aromatic rings. The average molecular weight is 357 g/mol. The van der Waals surface area contributed by atoms with E-state index in [4.69, 9.17) is 4.74 Å². The van der Waals surface area contributed by atoms with Crippen molar-refractivity contribution >= 4 is 11.6 Å². The van der Waals surface area contributed by atoms with E-state index in [0.717, 1.165) is 17.9 Å². The Morgan fingerprint density at radius 1 is 1.19 bits per heavy atom. The van der Waals surface area contributed by atoms with Crippen LogP contribution in [0.4, 0.5) is 5.69 Å². The maximum atomic E-state index is 12.2. The lowest BCUT2D eigenvalue weighted by atomic mass is 10.1. The molecule has 0 atom stereocenters. The van der Waals surface area contributed by atoms with E-state index in [0.29, 0.717) is 24.3 Å². The molecule has 1 N–H and O–H groups in total. The van der Waals surface area contributed by atoms with E-state index in [-0.39, 0.29) is 11.6 Å². The smallest absolute Gasteiger partial charge is 0.272 e. The zero-order valence-electron chi connectivity index (χ0n) is 15.2. The number of carbonyl (C=O) groups excluding carboxylic acids is 1. The quantitative estimate of drug-likeness (QED) is 0.580. The molecule has 1 amide bonds. The zero-order valence-corrected chi connectivity index (χ0v) is 15.2. The summed E-state index contributed by atoms with van der Waals surface area (Å²) in [6.45, 7) is 3.44. The van der Waals surface area contributed by atoms with E-state index in [1.54, 1.807) is 6.92 Å². The number of nitrogens with zero attached hydrogens (tertiary/aromatic N) is 2. The summed E-state index contributed by atoms with van der Waals surface area (Å²) in [5.74, 6) is 0.516. The van der Waals surface area contributed by atoms with Crippen molar-refractivity contribution in [3.05, 3.63) is 69.3 Å². The third kappa shape index (κ3) is 5.56. The number of carbonyl (C=O) groups is 1. The van der Waals surface area contributed by atoms with Crippen LogP contribution in [0.15, 0.2) is 42.5 Å².